The lowest BCUT2D eigenvalue weighted by molar-refractivity contribution is 0.0532. The van der Waals surface area contributed by atoms with E-state index in [1.54, 1.807) is 7.11 Å². The Kier molecular flexibility index (Phi) is 4.25. The molecule has 0 amide bonds. The normalized spacial score (nSPS) is 21.0. The van der Waals surface area contributed by atoms with E-state index in [9.17, 15) is 5.11 Å². The standard InChI is InChI=1S/C15H22O3/c1-10-8-15(17-3)11(2)7-13(10)14(16)9-12-5-4-6-18-12/h7-8,12,14,16H,4-6,9H2,1-3H3. The number of hydrogen-bond donors (Lipinski definition) is 1. The summed E-state index contributed by atoms with van der Waals surface area (Å²) in [7, 11) is 1.67. The molecule has 100 valence electrons. The summed E-state index contributed by atoms with van der Waals surface area (Å²) < 4.78 is 10.9. The maximum Gasteiger partial charge on any atom is 0.122 e. The minimum absolute atomic E-state index is 0.210. The lowest BCUT2D eigenvalue weighted by Gasteiger charge is -2.19. The molecule has 1 heterocycles. The number of aliphatic hydroxyl groups excluding tert-OH is 1. The fourth-order valence-electron chi connectivity index (χ4n) is 2.60. The molecule has 0 radical (unpaired) electrons. The van der Waals surface area contributed by atoms with Crippen LogP contribution < -0.4 is 4.74 Å². The van der Waals surface area contributed by atoms with E-state index < -0.39 is 6.10 Å². The molecule has 2 unspecified atom stereocenters. The van der Waals surface area contributed by atoms with Gasteiger partial charge in [0, 0.05) is 13.0 Å². The zero-order valence-corrected chi connectivity index (χ0v) is 11.4. The first kappa shape index (κ1) is 13.4. The maximum atomic E-state index is 10.3. The van der Waals surface area contributed by atoms with Gasteiger partial charge in [0.1, 0.15) is 5.75 Å². The molecule has 1 aliphatic heterocycles. The summed E-state index contributed by atoms with van der Waals surface area (Å²) in [5.74, 6) is 0.876. The lowest BCUT2D eigenvalue weighted by Crippen LogP contribution is -2.12. The van der Waals surface area contributed by atoms with Crippen LogP contribution in [0.4, 0.5) is 0 Å². The van der Waals surface area contributed by atoms with Gasteiger partial charge in [-0.2, -0.15) is 0 Å². The van der Waals surface area contributed by atoms with E-state index >= 15 is 0 Å². The highest BCUT2D eigenvalue weighted by Gasteiger charge is 2.22. The molecule has 1 saturated heterocycles. The summed E-state index contributed by atoms with van der Waals surface area (Å²) in [5, 5.41) is 10.3. The number of hydrogen-bond acceptors (Lipinski definition) is 3. The Morgan fingerprint density at radius 1 is 1.39 bits per heavy atom. The third-order valence-corrected chi connectivity index (χ3v) is 3.65. The molecule has 2 rings (SSSR count). The van der Waals surface area contributed by atoms with Crippen LogP contribution in [-0.2, 0) is 4.74 Å². The van der Waals surface area contributed by atoms with Crippen LogP contribution in [0.1, 0.15) is 42.1 Å². The van der Waals surface area contributed by atoms with Gasteiger partial charge >= 0.3 is 0 Å². The van der Waals surface area contributed by atoms with Gasteiger partial charge in [0.2, 0.25) is 0 Å². The molecule has 1 N–H and O–H groups in total. The smallest absolute Gasteiger partial charge is 0.122 e. The second kappa shape index (κ2) is 5.72. The van der Waals surface area contributed by atoms with Gasteiger partial charge in [-0.15, -0.1) is 0 Å². The Balaban J connectivity index is 2.13. The number of aryl methyl sites for hydroxylation is 2. The zero-order chi connectivity index (χ0) is 13.1. The van der Waals surface area contributed by atoms with Gasteiger partial charge in [0.15, 0.2) is 0 Å². The van der Waals surface area contributed by atoms with E-state index in [0.29, 0.717) is 6.42 Å². The second-order valence-electron chi connectivity index (χ2n) is 5.06. The van der Waals surface area contributed by atoms with E-state index in [1.165, 1.54) is 0 Å². The maximum absolute atomic E-state index is 10.3. The fourth-order valence-corrected chi connectivity index (χ4v) is 2.60. The predicted molar refractivity (Wildman–Crippen MR) is 71.0 cm³/mol. The van der Waals surface area contributed by atoms with E-state index in [4.69, 9.17) is 9.47 Å². The fraction of sp³-hybridized carbons (Fsp3) is 0.600. The number of methoxy groups -OCH3 is 1. The van der Waals surface area contributed by atoms with E-state index in [-0.39, 0.29) is 6.10 Å². The molecule has 1 fully saturated rings. The van der Waals surface area contributed by atoms with Gasteiger partial charge < -0.3 is 14.6 Å². The van der Waals surface area contributed by atoms with Crippen LogP contribution >= 0.6 is 0 Å². The molecule has 0 aliphatic carbocycles. The van der Waals surface area contributed by atoms with Gasteiger partial charge in [-0.3, -0.25) is 0 Å². The highest BCUT2D eigenvalue weighted by atomic mass is 16.5. The Morgan fingerprint density at radius 2 is 2.17 bits per heavy atom. The van der Waals surface area contributed by atoms with Crippen LogP contribution in [0.5, 0.6) is 5.75 Å². The molecule has 0 bridgehead atoms. The Morgan fingerprint density at radius 3 is 2.78 bits per heavy atom. The lowest BCUT2D eigenvalue weighted by atomic mass is 9.96. The van der Waals surface area contributed by atoms with Crippen molar-refractivity contribution in [2.45, 2.75) is 45.3 Å². The quantitative estimate of drug-likeness (QED) is 0.893. The Bertz CT molecular complexity index is 408. The average molecular weight is 250 g/mol. The Labute approximate surface area is 109 Å². The van der Waals surface area contributed by atoms with Gasteiger partial charge in [-0.05, 0) is 55.5 Å². The summed E-state index contributed by atoms with van der Waals surface area (Å²) in [4.78, 5) is 0. The molecule has 0 spiro atoms. The van der Waals surface area contributed by atoms with Crippen LogP contribution in [0, 0.1) is 13.8 Å². The van der Waals surface area contributed by atoms with Crippen molar-refractivity contribution in [3.8, 4) is 5.75 Å². The summed E-state index contributed by atoms with van der Waals surface area (Å²) in [6.07, 6.45) is 2.62. The highest BCUT2D eigenvalue weighted by molar-refractivity contribution is 5.42. The molecular formula is C15H22O3. The number of aliphatic hydroxyl groups is 1. The molecule has 18 heavy (non-hydrogen) atoms. The number of benzene rings is 1. The third-order valence-electron chi connectivity index (χ3n) is 3.65. The largest absolute Gasteiger partial charge is 0.496 e. The minimum Gasteiger partial charge on any atom is -0.496 e. The zero-order valence-electron chi connectivity index (χ0n) is 11.4. The van der Waals surface area contributed by atoms with Crippen molar-refractivity contribution in [2.75, 3.05) is 13.7 Å². The molecule has 1 aliphatic rings. The van der Waals surface area contributed by atoms with Crippen molar-refractivity contribution in [3.05, 3.63) is 28.8 Å². The summed E-state index contributed by atoms with van der Waals surface area (Å²) >= 11 is 0. The minimum atomic E-state index is -0.447. The molecule has 0 aromatic heterocycles. The van der Waals surface area contributed by atoms with Crippen LogP contribution in [0.2, 0.25) is 0 Å². The van der Waals surface area contributed by atoms with Gasteiger partial charge in [0.05, 0.1) is 19.3 Å². The molecule has 0 saturated carbocycles. The first-order valence-electron chi connectivity index (χ1n) is 6.56. The van der Waals surface area contributed by atoms with Crippen molar-refractivity contribution in [1.82, 2.24) is 0 Å². The van der Waals surface area contributed by atoms with Crippen molar-refractivity contribution in [1.29, 1.82) is 0 Å². The molecule has 1 aromatic carbocycles. The van der Waals surface area contributed by atoms with E-state index in [1.807, 2.05) is 26.0 Å². The van der Waals surface area contributed by atoms with Crippen molar-refractivity contribution in [2.24, 2.45) is 0 Å². The average Bonchev–Trinajstić information content (AvgIpc) is 2.84. The van der Waals surface area contributed by atoms with Crippen LogP contribution in [-0.4, -0.2) is 24.9 Å². The van der Waals surface area contributed by atoms with Gasteiger partial charge in [-0.25, -0.2) is 0 Å². The number of ether oxygens (including phenoxy) is 2. The van der Waals surface area contributed by atoms with Crippen molar-refractivity contribution in [3.63, 3.8) is 0 Å². The van der Waals surface area contributed by atoms with Crippen LogP contribution in [0.15, 0.2) is 12.1 Å². The molecular weight excluding hydrogens is 228 g/mol. The molecule has 3 nitrogen and oxygen atoms in total. The van der Waals surface area contributed by atoms with Crippen LogP contribution in [0.3, 0.4) is 0 Å². The Hall–Kier alpha value is -1.06. The first-order chi connectivity index (χ1) is 8.61. The van der Waals surface area contributed by atoms with Crippen LogP contribution in [0.25, 0.3) is 0 Å². The molecule has 1 aromatic rings. The predicted octanol–water partition coefficient (Wildman–Crippen LogP) is 2.91. The van der Waals surface area contributed by atoms with Crippen molar-refractivity contribution >= 4 is 0 Å². The molecule has 3 heteroatoms. The third kappa shape index (κ3) is 2.85. The van der Waals surface area contributed by atoms with E-state index in [0.717, 1.165) is 41.9 Å². The van der Waals surface area contributed by atoms with Gasteiger partial charge in [-0.1, -0.05) is 0 Å². The van der Waals surface area contributed by atoms with Gasteiger partial charge in [0.25, 0.3) is 0 Å². The molecule has 2 atom stereocenters. The van der Waals surface area contributed by atoms with Crippen molar-refractivity contribution < 1.29 is 14.6 Å². The summed E-state index contributed by atoms with van der Waals surface area (Å²) in [6, 6.07) is 4.01. The highest BCUT2D eigenvalue weighted by Crippen LogP contribution is 2.30. The topological polar surface area (TPSA) is 38.7 Å². The van der Waals surface area contributed by atoms with E-state index in [2.05, 4.69) is 0 Å². The number of rotatable bonds is 4. The summed E-state index contributed by atoms with van der Waals surface area (Å²) in [5.41, 5.74) is 3.12. The summed E-state index contributed by atoms with van der Waals surface area (Å²) in [6.45, 7) is 4.84. The second-order valence-corrected chi connectivity index (χ2v) is 5.06. The SMILES string of the molecule is COc1cc(C)c(C(O)CC2CCCO2)cc1C. The monoisotopic (exact) mass is 250 g/mol. The first-order valence-corrected chi connectivity index (χ1v) is 6.56.